The van der Waals surface area contributed by atoms with Crippen LogP contribution < -0.4 is 14.4 Å². The first kappa shape index (κ1) is 31.9. The van der Waals surface area contributed by atoms with E-state index in [0.717, 1.165) is 37.8 Å². The minimum Gasteiger partial charge on any atom is -0.490 e. The van der Waals surface area contributed by atoms with Gasteiger partial charge in [0.15, 0.2) is 0 Å². The summed E-state index contributed by atoms with van der Waals surface area (Å²) < 4.78 is 40.4. The summed E-state index contributed by atoms with van der Waals surface area (Å²) in [5, 5.41) is 10.9. The van der Waals surface area contributed by atoms with Gasteiger partial charge in [-0.25, -0.2) is 13.1 Å². The molecule has 6 rings (SSSR count). The molecule has 2 aromatic rings. The molecule has 1 unspecified atom stereocenters. The molecule has 1 spiro atoms. The lowest BCUT2D eigenvalue weighted by molar-refractivity contribution is -0.140. The van der Waals surface area contributed by atoms with Crippen molar-refractivity contribution in [2.45, 2.75) is 74.6 Å². The average molecular weight is 657 g/mol. The van der Waals surface area contributed by atoms with E-state index in [1.165, 1.54) is 18.2 Å². The predicted molar refractivity (Wildman–Crippen MR) is 172 cm³/mol. The third-order valence-corrected chi connectivity index (χ3v) is 12.3. The number of rotatable bonds is 3. The number of carbonyl (C=O) groups is 2. The van der Waals surface area contributed by atoms with Gasteiger partial charge in [0.2, 0.25) is 10.0 Å². The standard InChI is InChI=1S/C34H41ClN2O7S/c1-43-32(39)15-11-26-6-2-3-7-30(38)27-12-8-24(27)19-37-20-34(16-4-5-22-17-25(35)10-13-28(22)34)21-44-31-14-9-23(18-29(31)37)33(40)36-45(26,41)42/h3,7,9-10,13-14,17-18,24,26-27,30,38H,2,4-6,8,11-12,15-16,19-21H2,1H3,(H,36,40)/b7-3+/t24-,26?,27+,30-,34-/m0/s1. The third kappa shape index (κ3) is 6.60. The molecular formula is C34H41ClN2O7S. The van der Waals surface area contributed by atoms with Crippen molar-refractivity contribution in [1.29, 1.82) is 0 Å². The largest absolute Gasteiger partial charge is 0.490 e. The van der Waals surface area contributed by atoms with E-state index in [0.29, 0.717) is 36.9 Å². The number of aryl methyl sites for hydroxylation is 1. The number of nitrogens with one attached hydrogen (secondary N) is 1. The van der Waals surface area contributed by atoms with Crippen LogP contribution in [0, 0.1) is 11.8 Å². The molecule has 9 nitrogen and oxygen atoms in total. The van der Waals surface area contributed by atoms with Gasteiger partial charge in [-0.3, -0.25) is 9.59 Å². The molecule has 1 amide bonds. The number of aliphatic hydroxyl groups is 1. The van der Waals surface area contributed by atoms with Crippen molar-refractivity contribution >= 4 is 39.2 Å². The Bertz CT molecular complexity index is 1590. The number of halogens is 1. The highest BCUT2D eigenvalue weighted by atomic mass is 35.5. The molecule has 1 saturated carbocycles. The third-order valence-electron chi connectivity index (χ3n) is 10.2. The fourth-order valence-corrected chi connectivity index (χ4v) is 9.19. The molecule has 242 valence electrons. The molecule has 0 saturated heterocycles. The van der Waals surface area contributed by atoms with Gasteiger partial charge in [-0.1, -0.05) is 29.8 Å². The lowest BCUT2D eigenvalue weighted by Crippen LogP contribution is -2.49. The molecule has 5 atom stereocenters. The summed E-state index contributed by atoms with van der Waals surface area (Å²) >= 11 is 6.39. The Labute approximate surface area is 270 Å². The quantitative estimate of drug-likeness (QED) is 0.352. The van der Waals surface area contributed by atoms with Gasteiger partial charge in [0.1, 0.15) is 5.75 Å². The molecule has 2 N–H and O–H groups in total. The number of amides is 1. The van der Waals surface area contributed by atoms with Gasteiger partial charge in [-0.05, 0) is 105 Å². The summed E-state index contributed by atoms with van der Waals surface area (Å²) in [5.41, 5.74) is 3.11. The highest BCUT2D eigenvalue weighted by molar-refractivity contribution is 7.90. The zero-order valence-electron chi connectivity index (χ0n) is 25.5. The van der Waals surface area contributed by atoms with Crippen LogP contribution in [0.2, 0.25) is 5.02 Å². The van der Waals surface area contributed by atoms with Gasteiger partial charge < -0.3 is 19.5 Å². The number of sulfonamides is 1. The van der Waals surface area contributed by atoms with Crippen LogP contribution in [0.5, 0.6) is 5.75 Å². The molecule has 2 bridgehead atoms. The van der Waals surface area contributed by atoms with E-state index in [2.05, 4.69) is 21.8 Å². The Morgan fingerprint density at radius 1 is 1.20 bits per heavy atom. The Balaban J connectivity index is 1.38. The molecule has 45 heavy (non-hydrogen) atoms. The summed E-state index contributed by atoms with van der Waals surface area (Å²) in [6, 6.07) is 11.2. The Kier molecular flexibility index (Phi) is 9.19. The van der Waals surface area contributed by atoms with Crippen molar-refractivity contribution in [3.63, 3.8) is 0 Å². The summed E-state index contributed by atoms with van der Waals surface area (Å²) in [7, 11) is -2.88. The van der Waals surface area contributed by atoms with E-state index in [1.54, 1.807) is 24.3 Å². The van der Waals surface area contributed by atoms with E-state index in [-0.39, 0.29) is 42.1 Å². The highest BCUT2D eigenvalue weighted by Gasteiger charge is 2.44. The fourth-order valence-electron chi connectivity index (χ4n) is 7.58. The van der Waals surface area contributed by atoms with Crippen LogP contribution in [0.1, 0.15) is 72.9 Å². The molecule has 2 aliphatic heterocycles. The van der Waals surface area contributed by atoms with Crippen LogP contribution in [0.25, 0.3) is 0 Å². The monoisotopic (exact) mass is 656 g/mol. The zero-order chi connectivity index (χ0) is 31.8. The lowest BCUT2D eigenvalue weighted by Gasteiger charge is -2.45. The number of nitrogens with zero attached hydrogens (tertiary/aromatic N) is 1. The molecule has 2 aromatic carbocycles. The second-order valence-electron chi connectivity index (χ2n) is 13.0. The number of hydrogen-bond donors (Lipinski definition) is 2. The van der Waals surface area contributed by atoms with Crippen LogP contribution in [-0.4, -0.2) is 63.6 Å². The highest BCUT2D eigenvalue weighted by Crippen LogP contribution is 2.46. The molecule has 0 aromatic heterocycles. The SMILES string of the molecule is COC(=O)CCC1CC/C=C/[C@H](O)[C@@H]2CC[C@H]2CN2C[C@@]3(CCCc4cc(Cl)ccc43)COc3ccc(cc32)C(=O)NS1(=O)=O. The topological polar surface area (TPSA) is 122 Å². The molecule has 11 heteroatoms. The van der Waals surface area contributed by atoms with Gasteiger partial charge in [0.25, 0.3) is 5.91 Å². The summed E-state index contributed by atoms with van der Waals surface area (Å²) in [4.78, 5) is 27.6. The first-order valence-corrected chi connectivity index (χ1v) is 17.8. The molecule has 4 aliphatic rings. The number of carbonyl (C=O) groups excluding carboxylic acids is 2. The van der Waals surface area contributed by atoms with Crippen LogP contribution in [-0.2, 0) is 31.4 Å². The van der Waals surface area contributed by atoms with Gasteiger partial charge in [0, 0.05) is 35.5 Å². The van der Waals surface area contributed by atoms with Gasteiger partial charge in [-0.15, -0.1) is 0 Å². The van der Waals surface area contributed by atoms with Crippen molar-refractivity contribution in [2.75, 3.05) is 31.7 Å². The number of allylic oxidation sites excluding steroid dienone is 1. The predicted octanol–water partition coefficient (Wildman–Crippen LogP) is 4.93. The van der Waals surface area contributed by atoms with Gasteiger partial charge in [0.05, 0.1) is 30.8 Å². The van der Waals surface area contributed by atoms with E-state index in [4.69, 9.17) is 21.1 Å². The van der Waals surface area contributed by atoms with E-state index < -0.39 is 33.3 Å². The van der Waals surface area contributed by atoms with Gasteiger partial charge >= 0.3 is 5.97 Å². The van der Waals surface area contributed by atoms with Crippen molar-refractivity contribution in [2.24, 2.45) is 11.8 Å². The summed E-state index contributed by atoms with van der Waals surface area (Å²) in [6.07, 6.45) is 8.19. The fraction of sp³-hybridized carbons (Fsp3) is 0.529. The average Bonchev–Trinajstić information content (AvgIpc) is 3.14. The van der Waals surface area contributed by atoms with Crippen LogP contribution in [0.3, 0.4) is 0 Å². The van der Waals surface area contributed by atoms with Crippen molar-refractivity contribution in [3.05, 3.63) is 70.3 Å². The zero-order valence-corrected chi connectivity index (χ0v) is 27.1. The summed E-state index contributed by atoms with van der Waals surface area (Å²) in [5.74, 6) is -0.296. The Morgan fingerprint density at radius 3 is 2.82 bits per heavy atom. The molecular weight excluding hydrogens is 616 g/mol. The molecule has 1 fully saturated rings. The smallest absolute Gasteiger partial charge is 0.305 e. The number of ether oxygens (including phenoxy) is 2. The maximum absolute atomic E-state index is 13.5. The molecule has 2 aliphatic carbocycles. The normalized spacial score (nSPS) is 30.0. The molecule has 2 heterocycles. The number of hydrogen-bond acceptors (Lipinski definition) is 8. The number of fused-ring (bicyclic) bond motifs is 4. The number of benzene rings is 2. The van der Waals surface area contributed by atoms with E-state index >= 15 is 0 Å². The maximum Gasteiger partial charge on any atom is 0.305 e. The van der Waals surface area contributed by atoms with Crippen LogP contribution >= 0.6 is 11.6 Å². The summed E-state index contributed by atoms with van der Waals surface area (Å²) in [6.45, 7) is 1.80. The van der Waals surface area contributed by atoms with Gasteiger partial charge in [-0.2, -0.15) is 0 Å². The van der Waals surface area contributed by atoms with Crippen LogP contribution in [0.15, 0.2) is 48.6 Å². The second-order valence-corrected chi connectivity index (χ2v) is 15.4. The van der Waals surface area contributed by atoms with Crippen molar-refractivity contribution < 1.29 is 32.6 Å². The second kappa shape index (κ2) is 13.0. The number of methoxy groups -OCH3 is 1. The maximum atomic E-state index is 13.5. The first-order chi connectivity index (χ1) is 21.6. The lowest BCUT2D eigenvalue weighted by atomic mass is 9.68. The molecule has 0 radical (unpaired) electrons. The van der Waals surface area contributed by atoms with Crippen molar-refractivity contribution in [1.82, 2.24) is 4.72 Å². The minimum absolute atomic E-state index is 0.0109. The number of aliphatic hydroxyl groups excluding tert-OH is 1. The first-order valence-electron chi connectivity index (χ1n) is 15.9. The Morgan fingerprint density at radius 2 is 2.04 bits per heavy atom. The van der Waals surface area contributed by atoms with Crippen molar-refractivity contribution in [3.8, 4) is 5.75 Å². The minimum atomic E-state index is -4.13. The number of esters is 1. The van der Waals surface area contributed by atoms with E-state index in [1.807, 2.05) is 12.1 Å². The Hall–Kier alpha value is -3.08. The van der Waals surface area contributed by atoms with Crippen LogP contribution in [0.4, 0.5) is 5.69 Å². The number of anilines is 1. The van der Waals surface area contributed by atoms with E-state index in [9.17, 15) is 23.1 Å².